The number of aliphatic imine (C=N–C) groups is 1. The van der Waals surface area contributed by atoms with Crippen molar-refractivity contribution in [2.24, 2.45) is 10.7 Å². The predicted molar refractivity (Wildman–Crippen MR) is 138 cm³/mol. The number of guanidine groups is 1. The summed E-state index contributed by atoms with van der Waals surface area (Å²) < 4.78 is 16.8. The largest absolute Gasteiger partial charge is 0.494 e. The van der Waals surface area contributed by atoms with Gasteiger partial charge in [0, 0.05) is 30.1 Å². The molecular formula is C24H29IN4O3. The lowest BCUT2D eigenvalue weighted by Crippen LogP contribution is -2.23. The van der Waals surface area contributed by atoms with Gasteiger partial charge >= 0.3 is 0 Å². The Bertz CT molecular complexity index is 997. The molecule has 32 heavy (non-hydrogen) atoms. The molecular weight excluding hydrogens is 519 g/mol. The van der Waals surface area contributed by atoms with Gasteiger partial charge in [-0.2, -0.15) is 0 Å². The number of benzene rings is 2. The summed E-state index contributed by atoms with van der Waals surface area (Å²) in [5.74, 6) is 2.27. The van der Waals surface area contributed by atoms with Crippen LogP contribution in [0.25, 0.3) is 0 Å². The van der Waals surface area contributed by atoms with Crippen LogP contribution in [-0.4, -0.2) is 24.7 Å². The number of nitrogens with one attached hydrogen (secondary N) is 1. The molecule has 0 spiro atoms. The maximum absolute atomic E-state index is 6.10. The fraction of sp³-hybridized carbons (Fsp3) is 0.250. The summed E-state index contributed by atoms with van der Waals surface area (Å²) in [6, 6.07) is 19.0. The van der Waals surface area contributed by atoms with Gasteiger partial charge in [-0.15, -0.1) is 24.0 Å². The third-order valence-corrected chi connectivity index (χ3v) is 4.36. The van der Waals surface area contributed by atoms with Crippen LogP contribution in [0, 0.1) is 0 Å². The van der Waals surface area contributed by atoms with Gasteiger partial charge < -0.3 is 25.3 Å². The first kappa shape index (κ1) is 25.4. The van der Waals surface area contributed by atoms with Crippen LogP contribution in [-0.2, 0) is 17.9 Å². The minimum absolute atomic E-state index is 0. The first-order valence-electron chi connectivity index (χ1n) is 10.2. The van der Waals surface area contributed by atoms with E-state index < -0.39 is 0 Å². The van der Waals surface area contributed by atoms with Gasteiger partial charge in [-0.25, -0.2) is 9.98 Å². The third-order valence-electron chi connectivity index (χ3n) is 4.36. The average Bonchev–Trinajstić information content (AvgIpc) is 2.79. The normalized spacial score (nSPS) is 10.9. The smallest absolute Gasteiger partial charge is 0.224 e. The molecule has 0 bridgehead atoms. The number of anilines is 1. The topological polar surface area (TPSA) is 91.0 Å². The van der Waals surface area contributed by atoms with Crippen LogP contribution in [0.4, 0.5) is 5.69 Å². The predicted octanol–water partition coefficient (Wildman–Crippen LogP) is 5.35. The summed E-state index contributed by atoms with van der Waals surface area (Å²) in [5, 5.41) is 3.13. The van der Waals surface area contributed by atoms with Crippen LogP contribution in [0.3, 0.4) is 0 Å². The van der Waals surface area contributed by atoms with Crippen molar-refractivity contribution < 1.29 is 14.2 Å². The molecule has 8 heteroatoms. The fourth-order valence-corrected chi connectivity index (χ4v) is 2.84. The van der Waals surface area contributed by atoms with Crippen molar-refractivity contribution in [3.63, 3.8) is 0 Å². The minimum Gasteiger partial charge on any atom is -0.494 e. The van der Waals surface area contributed by atoms with Crippen LogP contribution in [0.5, 0.6) is 17.4 Å². The quantitative estimate of drug-likeness (QED) is 0.202. The highest BCUT2D eigenvalue weighted by Crippen LogP contribution is 2.25. The zero-order chi connectivity index (χ0) is 21.9. The second kappa shape index (κ2) is 13.5. The molecule has 0 aliphatic carbocycles. The van der Waals surface area contributed by atoms with E-state index in [1.807, 2.05) is 60.7 Å². The Kier molecular flexibility index (Phi) is 10.8. The average molecular weight is 548 g/mol. The van der Waals surface area contributed by atoms with Gasteiger partial charge in [0.2, 0.25) is 5.88 Å². The second-order valence-corrected chi connectivity index (χ2v) is 6.81. The van der Waals surface area contributed by atoms with Crippen molar-refractivity contribution in [3.8, 4) is 17.4 Å². The number of halogens is 1. The van der Waals surface area contributed by atoms with Crippen molar-refractivity contribution in [2.45, 2.75) is 26.5 Å². The van der Waals surface area contributed by atoms with E-state index >= 15 is 0 Å². The number of hydrogen-bond donors (Lipinski definition) is 2. The van der Waals surface area contributed by atoms with Crippen molar-refractivity contribution in [2.75, 3.05) is 19.0 Å². The van der Waals surface area contributed by atoms with Crippen molar-refractivity contribution >= 4 is 35.6 Å². The lowest BCUT2D eigenvalue weighted by atomic mass is 10.2. The standard InChI is InChI=1S/C24H28N4O3.HI/c1-3-15-30-20-10-12-21(13-11-20)31-23-18(8-6-14-26-23)16-27-24(25)28-22-9-5-4-7-19(22)17-29-2;/h4-14H,3,15-17H2,1-2H3,(H3,25,27,28);1H. The van der Waals surface area contributed by atoms with Gasteiger partial charge in [-0.3, -0.25) is 0 Å². The zero-order valence-electron chi connectivity index (χ0n) is 18.3. The van der Waals surface area contributed by atoms with Crippen LogP contribution in [0.1, 0.15) is 24.5 Å². The Labute approximate surface area is 206 Å². The van der Waals surface area contributed by atoms with E-state index in [1.54, 1.807) is 13.3 Å². The Morgan fingerprint density at radius 3 is 2.47 bits per heavy atom. The van der Waals surface area contributed by atoms with E-state index in [2.05, 4.69) is 22.2 Å². The summed E-state index contributed by atoms with van der Waals surface area (Å²) >= 11 is 0. The number of pyridine rings is 1. The minimum atomic E-state index is 0. The van der Waals surface area contributed by atoms with E-state index in [4.69, 9.17) is 19.9 Å². The maximum atomic E-state index is 6.10. The molecule has 0 unspecified atom stereocenters. The molecule has 0 radical (unpaired) electrons. The summed E-state index contributed by atoms with van der Waals surface area (Å²) in [6.07, 6.45) is 2.65. The Balaban J connectivity index is 0.00000363. The molecule has 1 heterocycles. The number of rotatable bonds is 10. The number of para-hydroxylation sites is 1. The molecule has 2 aromatic carbocycles. The molecule has 3 rings (SSSR count). The Morgan fingerprint density at radius 1 is 1.00 bits per heavy atom. The molecule has 0 saturated carbocycles. The van der Waals surface area contributed by atoms with Gasteiger partial charge in [0.25, 0.3) is 0 Å². The highest BCUT2D eigenvalue weighted by molar-refractivity contribution is 14.0. The molecule has 170 valence electrons. The highest BCUT2D eigenvalue weighted by atomic mass is 127. The van der Waals surface area contributed by atoms with Gasteiger partial charge in [-0.05, 0) is 42.8 Å². The second-order valence-electron chi connectivity index (χ2n) is 6.81. The molecule has 0 atom stereocenters. The van der Waals surface area contributed by atoms with Crippen molar-refractivity contribution in [1.29, 1.82) is 0 Å². The van der Waals surface area contributed by atoms with E-state index in [1.165, 1.54) is 0 Å². The van der Waals surface area contributed by atoms with Crippen molar-refractivity contribution in [1.82, 2.24) is 4.98 Å². The molecule has 0 fully saturated rings. The Morgan fingerprint density at radius 2 is 1.72 bits per heavy atom. The summed E-state index contributed by atoms with van der Waals surface area (Å²) in [7, 11) is 1.66. The zero-order valence-corrected chi connectivity index (χ0v) is 20.6. The lowest BCUT2D eigenvalue weighted by molar-refractivity contribution is 0.185. The van der Waals surface area contributed by atoms with Crippen LogP contribution in [0.2, 0.25) is 0 Å². The summed E-state index contributed by atoms with van der Waals surface area (Å²) in [5.41, 5.74) is 8.78. The number of nitrogens with two attached hydrogens (primary N) is 1. The van der Waals surface area contributed by atoms with Crippen LogP contribution < -0.4 is 20.5 Å². The molecule has 0 aliphatic heterocycles. The third kappa shape index (κ3) is 7.69. The van der Waals surface area contributed by atoms with Crippen molar-refractivity contribution in [3.05, 3.63) is 78.0 Å². The van der Waals surface area contributed by atoms with Gasteiger partial charge in [0.15, 0.2) is 5.96 Å². The summed E-state index contributed by atoms with van der Waals surface area (Å²) in [6.45, 7) is 3.57. The number of aromatic nitrogens is 1. The molecule has 0 amide bonds. The molecule has 1 aromatic heterocycles. The number of methoxy groups -OCH3 is 1. The number of nitrogens with zero attached hydrogens (tertiary/aromatic N) is 2. The Hall–Kier alpha value is -2.85. The van der Waals surface area contributed by atoms with E-state index in [0.717, 1.165) is 29.0 Å². The van der Waals surface area contributed by atoms with Gasteiger partial charge in [-0.1, -0.05) is 31.2 Å². The maximum Gasteiger partial charge on any atom is 0.224 e. The van der Waals surface area contributed by atoms with E-state index in [9.17, 15) is 0 Å². The molecule has 0 aliphatic rings. The van der Waals surface area contributed by atoms with Crippen LogP contribution in [0.15, 0.2) is 71.9 Å². The van der Waals surface area contributed by atoms with Crippen LogP contribution >= 0.6 is 24.0 Å². The fourth-order valence-electron chi connectivity index (χ4n) is 2.84. The van der Waals surface area contributed by atoms with E-state index in [-0.39, 0.29) is 24.0 Å². The number of ether oxygens (including phenoxy) is 3. The SMILES string of the molecule is CCCOc1ccc(Oc2ncccc2CN=C(N)Nc2ccccc2COC)cc1.I. The first-order chi connectivity index (χ1) is 15.2. The summed E-state index contributed by atoms with van der Waals surface area (Å²) in [4.78, 5) is 8.79. The molecule has 0 saturated heterocycles. The molecule has 3 aromatic rings. The van der Waals surface area contributed by atoms with Gasteiger partial charge in [0.05, 0.1) is 19.8 Å². The lowest BCUT2D eigenvalue weighted by Gasteiger charge is -2.12. The first-order valence-corrected chi connectivity index (χ1v) is 10.2. The molecule has 3 N–H and O–H groups in total. The number of hydrogen-bond acceptors (Lipinski definition) is 5. The van der Waals surface area contributed by atoms with Gasteiger partial charge in [0.1, 0.15) is 11.5 Å². The molecule has 7 nitrogen and oxygen atoms in total. The monoisotopic (exact) mass is 548 g/mol. The highest BCUT2D eigenvalue weighted by Gasteiger charge is 2.07. The van der Waals surface area contributed by atoms with E-state index in [0.29, 0.717) is 37.3 Å².